The molecule has 0 spiro atoms. The van der Waals surface area contributed by atoms with Crippen molar-refractivity contribution in [1.29, 1.82) is 0 Å². The highest BCUT2D eigenvalue weighted by Crippen LogP contribution is 2.35. The van der Waals surface area contributed by atoms with Gasteiger partial charge in [0.15, 0.2) is 5.78 Å². The van der Waals surface area contributed by atoms with E-state index in [-0.39, 0.29) is 17.5 Å². The first-order valence-electron chi connectivity index (χ1n) is 19.6. The largest absolute Gasteiger partial charge is 0.509 e. The van der Waals surface area contributed by atoms with E-state index in [1.807, 2.05) is 94.5 Å². The van der Waals surface area contributed by atoms with Gasteiger partial charge in [-0.2, -0.15) is 0 Å². The van der Waals surface area contributed by atoms with E-state index in [1.54, 1.807) is 18.2 Å². The second kappa shape index (κ2) is 27.6. The van der Waals surface area contributed by atoms with Crippen molar-refractivity contribution in [2.45, 2.75) is 108 Å². The molecule has 0 saturated carbocycles. The Balaban J connectivity index is 0.000000461. The van der Waals surface area contributed by atoms with Crippen LogP contribution in [-0.4, -0.2) is 10.9 Å². The molecule has 3 N–H and O–H groups in total. The van der Waals surface area contributed by atoms with Crippen molar-refractivity contribution < 1.29 is 19.4 Å². The molecule has 0 fully saturated rings. The summed E-state index contributed by atoms with van der Waals surface area (Å²) in [6.07, 6.45) is 17.3. The molecule has 54 heavy (non-hydrogen) atoms. The van der Waals surface area contributed by atoms with Crippen LogP contribution in [0, 0.1) is 17.8 Å². The zero-order chi connectivity index (χ0) is 40.3. The predicted octanol–water partition coefficient (Wildman–Crippen LogP) is 12.7. The molecule has 6 heteroatoms. The van der Waals surface area contributed by atoms with E-state index < -0.39 is 0 Å². The average molecular weight is 737 g/mol. The van der Waals surface area contributed by atoms with Gasteiger partial charge in [-0.25, -0.2) is 0 Å². The summed E-state index contributed by atoms with van der Waals surface area (Å²) < 4.78 is 11.8. The number of dihydropyridines is 1. The number of aliphatic hydroxyl groups excluding tert-OH is 1. The molecule has 1 aliphatic heterocycles. The van der Waals surface area contributed by atoms with Crippen molar-refractivity contribution >= 4 is 5.78 Å². The lowest BCUT2D eigenvalue weighted by atomic mass is 9.78. The standard InChI is InChI=1S/C22H24O2.C19H26N2O2.C5H12.C2H6/c1-3-11-22(24-18-20-14-9-6-10-15-20)16-21(4-2)23-17-19-12-7-5-8-13-19;1-5-14(10-9-13(4)22)20-18-11-15(12(2)3)19-16(21-18)7-6-8-17(19)23;1-4-5(2)3;1-2/h3-15H,1,16-18H2,2H3;5,9-12,15,20-22H,4,6-8H2,1-3H3;5H,4H2,1-3H3;1-2H3/b21-4+,22-11+;10-9-,14-5+;;. The fourth-order valence-electron chi connectivity index (χ4n) is 5.20. The van der Waals surface area contributed by atoms with Crippen molar-refractivity contribution in [3.05, 3.63) is 168 Å². The second-order valence-electron chi connectivity index (χ2n) is 13.5. The minimum Gasteiger partial charge on any atom is -0.509 e. The Hall–Kier alpha value is -4.97. The summed E-state index contributed by atoms with van der Waals surface area (Å²) in [7, 11) is 0. The summed E-state index contributed by atoms with van der Waals surface area (Å²) in [6.45, 7) is 27.1. The smallest absolute Gasteiger partial charge is 0.161 e. The van der Waals surface area contributed by atoms with Gasteiger partial charge in [-0.15, -0.1) is 0 Å². The maximum absolute atomic E-state index is 12.3. The molecular formula is C48H68N2O4. The molecule has 2 aromatic carbocycles. The molecule has 294 valence electrons. The molecule has 1 unspecified atom stereocenters. The molecule has 2 aliphatic rings. The van der Waals surface area contributed by atoms with Crippen molar-refractivity contribution in [3.63, 3.8) is 0 Å². The van der Waals surface area contributed by atoms with E-state index in [0.717, 1.165) is 64.2 Å². The number of aliphatic hydroxyl groups is 1. The number of hydrogen-bond acceptors (Lipinski definition) is 6. The normalized spacial score (nSPS) is 15.7. The molecule has 1 aliphatic carbocycles. The van der Waals surface area contributed by atoms with E-state index in [1.165, 1.54) is 6.42 Å². The Morgan fingerprint density at radius 2 is 1.46 bits per heavy atom. The van der Waals surface area contributed by atoms with Crippen LogP contribution in [0.3, 0.4) is 0 Å². The van der Waals surface area contributed by atoms with E-state index in [9.17, 15) is 9.90 Å². The fraction of sp³-hybridized carbons (Fsp3) is 0.396. The van der Waals surface area contributed by atoms with Crippen LogP contribution in [0.2, 0.25) is 0 Å². The van der Waals surface area contributed by atoms with Crippen LogP contribution in [0.5, 0.6) is 0 Å². The SMILES string of the molecule is C=C(O)/C=C\C(=C/C)NC1=CC(C(C)C)C2=C(CCCC2=O)N1.C=C/C=C(\C/C(=C\C)OCc1ccccc1)OCc1ccccc1.CC.CCC(C)C. The Labute approximate surface area is 327 Å². The third kappa shape index (κ3) is 18.7. The first kappa shape index (κ1) is 47.1. The van der Waals surface area contributed by atoms with Gasteiger partial charge in [0.1, 0.15) is 30.6 Å². The molecule has 0 aromatic heterocycles. The third-order valence-electron chi connectivity index (χ3n) is 8.51. The van der Waals surface area contributed by atoms with Gasteiger partial charge >= 0.3 is 0 Å². The van der Waals surface area contributed by atoms with Gasteiger partial charge in [0.05, 0.1) is 12.2 Å². The molecule has 2 aromatic rings. The van der Waals surface area contributed by atoms with Gasteiger partial charge in [0.25, 0.3) is 0 Å². The topological polar surface area (TPSA) is 79.8 Å². The van der Waals surface area contributed by atoms with Crippen molar-refractivity contribution in [2.75, 3.05) is 0 Å². The zero-order valence-electron chi connectivity index (χ0n) is 34.6. The minimum absolute atomic E-state index is 0.0136. The second-order valence-corrected chi connectivity index (χ2v) is 13.5. The lowest BCUT2D eigenvalue weighted by molar-refractivity contribution is -0.116. The average Bonchev–Trinajstić information content (AvgIpc) is 3.18. The number of Topliss-reactive ketones (excluding diaryl/α,β-unsaturated/α-hetero) is 1. The maximum Gasteiger partial charge on any atom is 0.161 e. The monoisotopic (exact) mass is 737 g/mol. The molecular weight excluding hydrogens is 669 g/mol. The van der Waals surface area contributed by atoms with Crippen molar-refractivity contribution in [1.82, 2.24) is 10.6 Å². The number of ether oxygens (including phenoxy) is 2. The van der Waals surface area contributed by atoms with Gasteiger partial charge in [-0.3, -0.25) is 4.79 Å². The van der Waals surface area contributed by atoms with E-state index in [2.05, 4.69) is 76.6 Å². The quantitative estimate of drug-likeness (QED) is 0.125. The summed E-state index contributed by atoms with van der Waals surface area (Å²) in [4.78, 5) is 12.3. The van der Waals surface area contributed by atoms with Crippen LogP contribution in [0.4, 0.5) is 0 Å². The van der Waals surface area contributed by atoms with Crippen LogP contribution in [0.15, 0.2) is 156 Å². The highest BCUT2D eigenvalue weighted by atomic mass is 16.5. The number of carbonyl (C=O) groups excluding carboxylic acids is 1. The molecule has 4 rings (SSSR count). The molecule has 0 saturated heterocycles. The molecule has 1 atom stereocenters. The number of carbonyl (C=O) groups is 1. The van der Waals surface area contributed by atoms with Gasteiger partial charge in [-0.1, -0.05) is 141 Å². The van der Waals surface area contributed by atoms with Crippen LogP contribution >= 0.6 is 0 Å². The first-order chi connectivity index (χ1) is 26.0. The molecule has 0 radical (unpaired) electrons. The highest BCUT2D eigenvalue weighted by molar-refractivity contribution is 5.98. The third-order valence-corrected chi connectivity index (χ3v) is 8.51. The summed E-state index contributed by atoms with van der Waals surface area (Å²) in [5.41, 5.74) is 5.15. The summed E-state index contributed by atoms with van der Waals surface area (Å²) >= 11 is 0. The fourth-order valence-corrected chi connectivity index (χ4v) is 5.20. The van der Waals surface area contributed by atoms with Gasteiger partial charge in [-0.05, 0) is 80.0 Å². The summed E-state index contributed by atoms with van der Waals surface area (Å²) in [5.74, 6) is 4.29. The molecule has 1 heterocycles. The van der Waals surface area contributed by atoms with Gasteiger partial charge < -0.3 is 25.2 Å². The lowest BCUT2D eigenvalue weighted by Gasteiger charge is -2.33. The molecule has 0 bridgehead atoms. The Morgan fingerprint density at radius 1 is 0.907 bits per heavy atom. The van der Waals surface area contributed by atoms with Crippen LogP contribution in [0.1, 0.15) is 106 Å². The van der Waals surface area contributed by atoms with Crippen LogP contribution in [0.25, 0.3) is 0 Å². The highest BCUT2D eigenvalue weighted by Gasteiger charge is 2.32. The zero-order valence-corrected chi connectivity index (χ0v) is 34.6. The summed E-state index contributed by atoms with van der Waals surface area (Å²) in [6, 6.07) is 20.3. The van der Waals surface area contributed by atoms with E-state index >= 15 is 0 Å². The van der Waals surface area contributed by atoms with Gasteiger partial charge in [0, 0.05) is 29.3 Å². The molecule has 6 nitrogen and oxygen atoms in total. The van der Waals surface area contributed by atoms with Crippen LogP contribution in [-0.2, 0) is 27.5 Å². The van der Waals surface area contributed by atoms with E-state index in [4.69, 9.17) is 9.47 Å². The number of rotatable bonds is 15. The Bertz CT molecular complexity index is 1590. The lowest BCUT2D eigenvalue weighted by Crippen LogP contribution is -2.36. The van der Waals surface area contributed by atoms with E-state index in [0.29, 0.717) is 32.0 Å². The number of nitrogens with one attached hydrogen (secondary N) is 2. The Kier molecular flexibility index (Phi) is 24.1. The number of hydrogen-bond donors (Lipinski definition) is 3. The molecule has 0 amide bonds. The number of benzene rings is 2. The van der Waals surface area contributed by atoms with Crippen molar-refractivity contribution in [2.24, 2.45) is 17.8 Å². The maximum atomic E-state index is 12.3. The first-order valence-corrected chi connectivity index (χ1v) is 19.6. The van der Waals surface area contributed by atoms with Crippen molar-refractivity contribution in [3.8, 4) is 0 Å². The number of ketones is 1. The Morgan fingerprint density at radius 3 is 1.93 bits per heavy atom. The minimum atomic E-state index is 0.0136. The van der Waals surface area contributed by atoms with Crippen LogP contribution < -0.4 is 10.6 Å². The van der Waals surface area contributed by atoms with Gasteiger partial charge in [0.2, 0.25) is 0 Å². The number of allylic oxidation sites excluding steroid dienone is 9. The predicted molar refractivity (Wildman–Crippen MR) is 229 cm³/mol. The summed E-state index contributed by atoms with van der Waals surface area (Å²) in [5, 5.41) is 15.9.